The number of hydrogen-bond donors (Lipinski definition) is 1. The van der Waals surface area contributed by atoms with Crippen molar-refractivity contribution in [2.45, 2.75) is 40.5 Å². The minimum Gasteiger partial charge on any atom is -0.490 e. The second-order valence-electron chi connectivity index (χ2n) is 6.76. The summed E-state index contributed by atoms with van der Waals surface area (Å²) in [6.45, 7) is 8.70. The van der Waals surface area contributed by atoms with Gasteiger partial charge < -0.3 is 19.5 Å². The third-order valence-electron chi connectivity index (χ3n) is 4.41. The fourth-order valence-electron chi connectivity index (χ4n) is 2.80. The molecule has 0 aliphatic carbocycles. The maximum absolute atomic E-state index is 12.4. The first-order valence-corrected chi connectivity index (χ1v) is 11.4. The Labute approximate surface area is 192 Å². The first-order valence-electron chi connectivity index (χ1n) is 10.5. The quantitative estimate of drug-likeness (QED) is 0.279. The van der Waals surface area contributed by atoms with Crippen LogP contribution in [0.15, 0.2) is 24.3 Å². The van der Waals surface area contributed by atoms with Crippen LogP contribution in [-0.4, -0.2) is 31.7 Å². The molecule has 1 N–H and O–H groups in total. The summed E-state index contributed by atoms with van der Waals surface area (Å²) in [5.41, 5.74) is 1.52. The lowest BCUT2D eigenvalue weighted by atomic mass is 10.1. The van der Waals surface area contributed by atoms with Crippen molar-refractivity contribution in [1.82, 2.24) is 0 Å². The summed E-state index contributed by atoms with van der Waals surface area (Å²) in [6, 6.07) is 7.51. The molecular weight excluding hydrogens is 428 g/mol. The van der Waals surface area contributed by atoms with Crippen LogP contribution in [0.2, 0.25) is 0 Å². The van der Waals surface area contributed by atoms with Gasteiger partial charge in [0.1, 0.15) is 15.9 Å². The third kappa shape index (κ3) is 6.59. The van der Waals surface area contributed by atoms with E-state index >= 15 is 0 Å². The Morgan fingerprint density at radius 3 is 2.59 bits per heavy atom. The fourth-order valence-corrected chi connectivity index (χ4v) is 3.85. The largest absolute Gasteiger partial charge is 0.490 e. The van der Waals surface area contributed by atoms with Crippen LogP contribution in [0.5, 0.6) is 11.5 Å². The number of esters is 1. The maximum Gasteiger partial charge on any atom is 0.348 e. The number of nitriles is 1. The molecule has 0 unspecified atom stereocenters. The zero-order valence-electron chi connectivity index (χ0n) is 18.8. The van der Waals surface area contributed by atoms with Crippen molar-refractivity contribution in [2.75, 3.05) is 25.1 Å². The molecule has 0 saturated heterocycles. The van der Waals surface area contributed by atoms with Crippen LogP contribution in [0.25, 0.3) is 6.08 Å². The molecule has 170 valence electrons. The molecule has 2 aromatic rings. The number of benzene rings is 1. The summed E-state index contributed by atoms with van der Waals surface area (Å²) in [5, 5.41) is 12.4. The molecule has 0 bridgehead atoms. The van der Waals surface area contributed by atoms with E-state index in [1.807, 2.05) is 31.2 Å². The van der Waals surface area contributed by atoms with Crippen molar-refractivity contribution in [3.05, 3.63) is 45.8 Å². The van der Waals surface area contributed by atoms with Crippen molar-refractivity contribution < 1.29 is 23.8 Å². The number of anilines is 1. The number of rotatable bonds is 11. The van der Waals surface area contributed by atoms with Crippen LogP contribution in [0, 0.1) is 18.3 Å². The van der Waals surface area contributed by atoms with Gasteiger partial charge in [0, 0.05) is 6.08 Å². The highest BCUT2D eigenvalue weighted by molar-refractivity contribution is 7.18. The highest BCUT2D eigenvalue weighted by Gasteiger charge is 2.21. The number of hydrogen-bond acceptors (Lipinski definition) is 7. The van der Waals surface area contributed by atoms with E-state index in [0.717, 1.165) is 29.7 Å². The standard InChI is InChI=1S/C24H28N2O5S/c1-5-8-13-31-19-11-9-17(14-20(19)29-6-2)10-12-21(27)26-23-18(15-25)16(4)22(32-23)24(28)30-7-3/h9-12,14H,5-8,13H2,1-4H3,(H,26,27)/b12-10+. The molecule has 0 aliphatic rings. The number of carbonyl (C=O) groups is 2. The molecule has 0 radical (unpaired) electrons. The number of ether oxygens (including phenoxy) is 3. The van der Waals surface area contributed by atoms with Gasteiger partial charge in [0.2, 0.25) is 5.91 Å². The van der Waals surface area contributed by atoms with Crippen molar-refractivity contribution in [3.8, 4) is 17.6 Å². The zero-order valence-corrected chi connectivity index (χ0v) is 19.6. The highest BCUT2D eigenvalue weighted by atomic mass is 32.1. The Morgan fingerprint density at radius 2 is 1.94 bits per heavy atom. The lowest BCUT2D eigenvalue weighted by Crippen LogP contribution is -2.07. The molecule has 1 aromatic carbocycles. The van der Waals surface area contributed by atoms with Gasteiger partial charge >= 0.3 is 5.97 Å². The van der Waals surface area contributed by atoms with E-state index in [1.54, 1.807) is 19.9 Å². The maximum atomic E-state index is 12.4. The number of thiophene rings is 1. The predicted molar refractivity (Wildman–Crippen MR) is 125 cm³/mol. The first kappa shape index (κ1) is 25.0. The average Bonchev–Trinajstić information content (AvgIpc) is 3.09. The molecule has 0 aliphatic heterocycles. The van der Waals surface area contributed by atoms with Crippen LogP contribution in [0.4, 0.5) is 5.00 Å². The van der Waals surface area contributed by atoms with Gasteiger partial charge in [-0.3, -0.25) is 4.79 Å². The molecule has 32 heavy (non-hydrogen) atoms. The topological polar surface area (TPSA) is 97.6 Å². The molecule has 0 fully saturated rings. The number of nitrogens with zero attached hydrogens (tertiary/aromatic N) is 1. The van der Waals surface area contributed by atoms with E-state index in [9.17, 15) is 14.9 Å². The average molecular weight is 457 g/mol. The fraction of sp³-hybridized carbons (Fsp3) is 0.375. The third-order valence-corrected chi connectivity index (χ3v) is 5.59. The van der Waals surface area contributed by atoms with Crippen LogP contribution in [-0.2, 0) is 9.53 Å². The van der Waals surface area contributed by atoms with Crippen LogP contribution < -0.4 is 14.8 Å². The summed E-state index contributed by atoms with van der Waals surface area (Å²) in [5.74, 6) is 0.360. The summed E-state index contributed by atoms with van der Waals surface area (Å²) < 4.78 is 16.4. The van der Waals surface area contributed by atoms with Crippen LogP contribution in [0.3, 0.4) is 0 Å². The van der Waals surface area contributed by atoms with Gasteiger partial charge in [0.15, 0.2) is 11.5 Å². The highest BCUT2D eigenvalue weighted by Crippen LogP contribution is 2.33. The van der Waals surface area contributed by atoms with Gasteiger partial charge in [-0.05, 0) is 56.5 Å². The van der Waals surface area contributed by atoms with Gasteiger partial charge in [0.25, 0.3) is 0 Å². The second kappa shape index (κ2) is 12.5. The number of unbranched alkanes of at least 4 members (excludes halogenated alkanes) is 1. The normalized spacial score (nSPS) is 10.6. The Kier molecular flexibility index (Phi) is 9.76. The first-order chi connectivity index (χ1) is 15.4. The Balaban J connectivity index is 2.15. The lowest BCUT2D eigenvalue weighted by molar-refractivity contribution is -0.111. The van der Waals surface area contributed by atoms with E-state index in [2.05, 4.69) is 12.2 Å². The van der Waals surface area contributed by atoms with Crippen molar-refractivity contribution >= 4 is 34.3 Å². The van der Waals surface area contributed by atoms with E-state index in [1.165, 1.54) is 6.08 Å². The summed E-state index contributed by atoms with van der Waals surface area (Å²) in [6.07, 6.45) is 5.01. The molecule has 8 heteroatoms. The molecule has 0 atom stereocenters. The Bertz CT molecular complexity index is 1020. The summed E-state index contributed by atoms with van der Waals surface area (Å²) in [4.78, 5) is 24.8. The van der Waals surface area contributed by atoms with Gasteiger partial charge in [0.05, 0.1) is 25.4 Å². The molecule has 1 heterocycles. The van der Waals surface area contributed by atoms with E-state index in [4.69, 9.17) is 14.2 Å². The van der Waals surface area contributed by atoms with Crippen LogP contribution >= 0.6 is 11.3 Å². The molecule has 1 amide bonds. The molecule has 0 spiro atoms. The SMILES string of the molecule is CCCCOc1ccc(/C=C/C(=O)Nc2sc(C(=O)OCC)c(C)c2C#N)cc1OCC. The monoisotopic (exact) mass is 456 g/mol. The summed E-state index contributed by atoms with van der Waals surface area (Å²) in [7, 11) is 0. The van der Waals surface area contributed by atoms with E-state index in [-0.39, 0.29) is 12.2 Å². The van der Waals surface area contributed by atoms with E-state index in [0.29, 0.717) is 40.2 Å². The number of amides is 1. The van der Waals surface area contributed by atoms with Gasteiger partial charge in [-0.15, -0.1) is 11.3 Å². The predicted octanol–water partition coefficient (Wildman–Crippen LogP) is 5.33. The van der Waals surface area contributed by atoms with Crippen molar-refractivity contribution in [1.29, 1.82) is 5.26 Å². The van der Waals surface area contributed by atoms with E-state index < -0.39 is 11.9 Å². The smallest absolute Gasteiger partial charge is 0.348 e. The van der Waals surface area contributed by atoms with Gasteiger partial charge in [-0.25, -0.2) is 4.79 Å². The molecular formula is C24H28N2O5S. The summed E-state index contributed by atoms with van der Waals surface area (Å²) >= 11 is 1.03. The number of carbonyl (C=O) groups excluding carboxylic acids is 2. The van der Waals surface area contributed by atoms with Crippen molar-refractivity contribution in [3.63, 3.8) is 0 Å². The second-order valence-corrected chi connectivity index (χ2v) is 7.78. The minimum absolute atomic E-state index is 0.231. The van der Waals surface area contributed by atoms with Gasteiger partial charge in [-0.2, -0.15) is 5.26 Å². The molecule has 0 saturated carbocycles. The minimum atomic E-state index is -0.507. The molecule has 2 rings (SSSR count). The zero-order chi connectivity index (χ0) is 23.5. The van der Waals surface area contributed by atoms with Gasteiger partial charge in [-0.1, -0.05) is 19.4 Å². The van der Waals surface area contributed by atoms with Crippen LogP contribution in [0.1, 0.15) is 60.0 Å². The number of nitrogens with one attached hydrogen (secondary N) is 1. The Morgan fingerprint density at radius 1 is 1.16 bits per heavy atom. The Hall–Kier alpha value is -3.31. The molecule has 1 aromatic heterocycles. The van der Waals surface area contributed by atoms with Crippen molar-refractivity contribution in [2.24, 2.45) is 0 Å². The molecule has 7 nitrogen and oxygen atoms in total. The lowest BCUT2D eigenvalue weighted by Gasteiger charge is -2.12.